The maximum atomic E-state index is 13.7. The molecule has 38 heavy (non-hydrogen) atoms. The van der Waals surface area contributed by atoms with Crippen molar-refractivity contribution in [2.75, 3.05) is 6.61 Å². The Morgan fingerprint density at radius 3 is 2.39 bits per heavy atom. The van der Waals surface area contributed by atoms with Crippen molar-refractivity contribution in [3.05, 3.63) is 119 Å². The predicted octanol–water partition coefficient (Wildman–Crippen LogP) is 7.32. The summed E-state index contributed by atoms with van der Waals surface area (Å²) >= 11 is 0. The van der Waals surface area contributed by atoms with E-state index in [9.17, 15) is 13.6 Å². The molecular weight excluding hydrogens is 482 g/mol. The number of hydrogen-bond donors (Lipinski definition) is 0. The van der Waals surface area contributed by atoms with Gasteiger partial charge >= 0.3 is 0 Å². The molecule has 1 amide bonds. The van der Waals surface area contributed by atoms with Crippen molar-refractivity contribution in [2.24, 2.45) is 11.0 Å². The van der Waals surface area contributed by atoms with E-state index in [1.807, 2.05) is 48.5 Å². The van der Waals surface area contributed by atoms with Gasteiger partial charge < -0.3 is 4.74 Å². The van der Waals surface area contributed by atoms with E-state index in [1.165, 1.54) is 29.3 Å². The van der Waals surface area contributed by atoms with E-state index in [2.05, 4.69) is 0 Å². The molecule has 4 nitrogen and oxygen atoms in total. The summed E-state index contributed by atoms with van der Waals surface area (Å²) in [5.74, 6) is -0.296. The smallest absolute Gasteiger partial charge is 0.281 e. The number of carbonyl (C=O) groups excluding carboxylic acids is 1. The fraction of sp³-hybridized carbons (Fsp3) is 0.188. The highest BCUT2D eigenvalue weighted by molar-refractivity contribution is 6.08. The third kappa shape index (κ3) is 4.82. The highest BCUT2D eigenvalue weighted by Gasteiger charge is 2.43. The Balaban J connectivity index is 1.30. The third-order valence-electron chi connectivity index (χ3n) is 7.26. The third-order valence-corrected chi connectivity index (χ3v) is 7.26. The van der Waals surface area contributed by atoms with Crippen molar-refractivity contribution >= 4 is 28.5 Å². The molecule has 0 aromatic heterocycles. The van der Waals surface area contributed by atoms with Crippen molar-refractivity contribution in [3.8, 4) is 5.75 Å². The minimum absolute atomic E-state index is 0.0227. The van der Waals surface area contributed by atoms with E-state index < -0.39 is 0 Å². The lowest BCUT2D eigenvalue weighted by atomic mass is 9.77. The zero-order chi connectivity index (χ0) is 26.1. The molecule has 1 aliphatic carbocycles. The molecule has 4 aromatic carbocycles. The number of amides is 1. The van der Waals surface area contributed by atoms with Gasteiger partial charge in [-0.25, -0.2) is 13.8 Å². The number of halogens is 2. The highest BCUT2D eigenvalue weighted by atomic mass is 19.1. The van der Waals surface area contributed by atoms with Gasteiger partial charge in [0, 0.05) is 5.92 Å². The number of benzene rings is 4. The fourth-order valence-electron chi connectivity index (χ4n) is 5.43. The number of ether oxygens (including phenoxy) is 1. The maximum absolute atomic E-state index is 13.7. The topological polar surface area (TPSA) is 41.9 Å². The van der Waals surface area contributed by atoms with Crippen LogP contribution < -0.4 is 4.74 Å². The molecule has 1 aliphatic heterocycles. The zero-order valence-corrected chi connectivity index (χ0v) is 20.7. The van der Waals surface area contributed by atoms with E-state index in [-0.39, 0.29) is 36.1 Å². The zero-order valence-electron chi connectivity index (χ0n) is 20.7. The molecule has 0 spiro atoms. The van der Waals surface area contributed by atoms with Crippen LogP contribution in [0.3, 0.4) is 0 Å². The lowest BCUT2D eigenvalue weighted by Gasteiger charge is -2.29. The Morgan fingerprint density at radius 1 is 0.921 bits per heavy atom. The number of carbonyl (C=O) groups is 1. The van der Waals surface area contributed by atoms with Gasteiger partial charge in [0.05, 0.1) is 11.8 Å². The van der Waals surface area contributed by atoms with Gasteiger partial charge in [0.1, 0.15) is 17.4 Å². The highest BCUT2D eigenvalue weighted by Crippen LogP contribution is 2.44. The molecule has 4 aromatic rings. The van der Waals surface area contributed by atoms with Gasteiger partial charge in [0.15, 0.2) is 6.61 Å². The summed E-state index contributed by atoms with van der Waals surface area (Å²) in [6.45, 7) is -0.170. The lowest BCUT2D eigenvalue weighted by Crippen LogP contribution is -2.34. The van der Waals surface area contributed by atoms with Gasteiger partial charge in [-0.3, -0.25) is 4.79 Å². The van der Waals surface area contributed by atoms with Gasteiger partial charge in [0.2, 0.25) is 0 Å². The van der Waals surface area contributed by atoms with Crippen molar-refractivity contribution in [3.63, 3.8) is 0 Å². The Hall–Kier alpha value is -4.32. The first kappa shape index (κ1) is 24.0. The van der Waals surface area contributed by atoms with Crippen molar-refractivity contribution in [1.82, 2.24) is 5.01 Å². The molecule has 0 N–H and O–H groups in total. The van der Waals surface area contributed by atoms with Crippen LogP contribution in [0.5, 0.6) is 5.75 Å². The first-order valence-electron chi connectivity index (χ1n) is 12.8. The van der Waals surface area contributed by atoms with E-state index in [0.29, 0.717) is 5.75 Å². The van der Waals surface area contributed by atoms with Gasteiger partial charge in [-0.15, -0.1) is 0 Å². The average molecular weight is 509 g/mol. The standard InChI is InChI=1S/C32H26F2N2O2/c33-26-13-8-21(9-14-26)18-25-6-3-7-29-31(25)35-36(32(29)23-10-15-27(34)16-11-23)30(37)20-38-28-17-12-22-4-1-2-5-24(22)19-28/h1-2,4-5,8-19,29,32H,3,6-7,20H2/b25-18-. The quantitative estimate of drug-likeness (QED) is 0.283. The van der Waals surface area contributed by atoms with E-state index in [1.54, 1.807) is 24.3 Å². The van der Waals surface area contributed by atoms with Gasteiger partial charge in [-0.05, 0) is 89.2 Å². The summed E-state index contributed by atoms with van der Waals surface area (Å²) in [5.41, 5.74) is 3.60. The first-order chi connectivity index (χ1) is 18.5. The lowest BCUT2D eigenvalue weighted by molar-refractivity contribution is -0.135. The molecule has 1 fully saturated rings. The van der Waals surface area contributed by atoms with Gasteiger partial charge in [0.25, 0.3) is 5.91 Å². The number of rotatable bonds is 5. The monoisotopic (exact) mass is 508 g/mol. The molecule has 1 saturated carbocycles. The number of allylic oxidation sites excluding steroid dienone is 1. The van der Waals surface area contributed by atoms with Crippen molar-refractivity contribution in [2.45, 2.75) is 25.3 Å². The van der Waals surface area contributed by atoms with Crippen LogP contribution in [0.4, 0.5) is 8.78 Å². The first-order valence-corrected chi connectivity index (χ1v) is 12.8. The summed E-state index contributed by atoms with van der Waals surface area (Å²) in [4.78, 5) is 13.5. The normalized spacial score (nSPS) is 19.9. The van der Waals surface area contributed by atoms with Crippen LogP contribution in [-0.4, -0.2) is 23.2 Å². The summed E-state index contributed by atoms with van der Waals surface area (Å²) in [6, 6.07) is 26.0. The molecule has 190 valence electrons. The summed E-state index contributed by atoms with van der Waals surface area (Å²) < 4.78 is 33.1. The van der Waals surface area contributed by atoms with Crippen LogP contribution >= 0.6 is 0 Å². The number of fused-ring (bicyclic) bond motifs is 2. The predicted molar refractivity (Wildman–Crippen MR) is 145 cm³/mol. The Labute approximate surface area is 219 Å². The molecule has 0 bridgehead atoms. The van der Waals surface area contributed by atoms with Crippen LogP contribution in [0.1, 0.15) is 36.4 Å². The molecule has 2 aliphatic rings. The van der Waals surface area contributed by atoms with E-state index >= 15 is 0 Å². The molecule has 1 heterocycles. The van der Waals surface area contributed by atoms with E-state index in [0.717, 1.165) is 52.4 Å². The second-order valence-corrected chi connectivity index (χ2v) is 9.74. The largest absolute Gasteiger partial charge is 0.484 e. The summed E-state index contributed by atoms with van der Waals surface area (Å²) in [7, 11) is 0. The number of nitrogens with zero attached hydrogens (tertiary/aromatic N) is 2. The fourth-order valence-corrected chi connectivity index (χ4v) is 5.43. The van der Waals surface area contributed by atoms with Gasteiger partial charge in [-0.2, -0.15) is 5.10 Å². The second-order valence-electron chi connectivity index (χ2n) is 9.74. The van der Waals surface area contributed by atoms with Crippen LogP contribution in [0.25, 0.3) is 16.8 Å². The molecular formula is C32H26F2N2O2. The Bertz CT molecular complexity index is 1540. The second kappa shape index (κ2) is 10.2. The number of hydrogen-bond acceptors (Lipinski definition) is 3. The van der Waals surface area contributed by atoms with Crippen molar-refractivity contribution in [1.29, 1.82) is 0 Å². The molecule has 2 atom stereocenters. The maximum Gasteiger partial charge on any atom is 0.281 e. The van der Waals surface area contributed by atoms with Crippen molar-refractivity contribution < 1.29 is 18.3 Å². The summed E-state index contributed by atoms with van der Waals surface area (Å²) in [5, 5.41) is 8.47. The molecule has 6 rings (SSSR count). The minimum atomic E-state index is -0.352. The average Bonchev–Trinajstić information content (AvgIpc) is 3.34. The molecule has 2 unspecified atom stereocenters. The van der Waals surface area contributed by atoms with E-state index in [4.69, 9.17) is 9.84 Å². The summed E-state index contributed by atoms with van der Waals surface area (Å²) in [6.07, 6.45) is 4.63. The van der Waals surface area contributed by atoms with Crippen LogP contribution in [0.2, 0.25) is 0 Å². The Morgan fingerprint density at radius 2 is 1.63 bits per heavy atom. The van der Waals surface area contributed by atoms with Crippen LogP contribution in [0.15, 0.2) is 102 Å². The SMILES string of the molecule is O=C(COc1ccc2ccccc2c1)N1N=C2/C(=C\c3ccc(F)cc3)CCCC2C1c1ccc(F)cc1. The van der Waals surface area contributed by atoms with Crippen LogP contribution in [-0.2, 0) is 4.79 Å². The molecule has 0 radical (unpaired) electrons. The van der Waals surface area contributed by atoms with Gasteiger partial charge in [-0.1, -0.05) is 54.6 Å². The minimum Gasteiger partial charge on any atom is -0.484 e. The molecule has 6 heteroatoms. The van der Waals surface area contributed by atoms with Crippen LogP contribution in [0, 0.1) is 17.6 Å². The Kier molecular flexibility index (Phi) is 6.46. The molecule has 0 saturated heterocycles. The number of hydrazone groups is 1.